The molecule has 1 heterocycles. The minimum absolute atomic E-state index is 0.558. The van der Waals surface area contributed by atoms with Gasteiger partial charge in [0, 0.05) is 22.7 Å². The smallest absolute Gasteiger partial charge is 0.328 e. The Morgan fingerprint density at radius 3 is 2.37 bits per heavy atom. The number of rotatable bonds is 7. The molecule has 0 aromatic heterocycles. The lowest BCUT2D eigenvalue weighted by Crippen LogP contribution is -2.26. The number of methoxy groups -OCH3 is 1. The van der Waals surface area contributed by atoms with E-state index in [0.717, 1.165) is 26.9 Å². The van der Waals surface area contributed by atoms with E-state index in [1.54, 1.807) is 7.11 Å². The second-order valence-corrected chi connectivity index (χ2v) is 7.61. The van der Waals surface area contributed by atoms with Crippen molar-refractivity contribution in [2.45, 2.75) is 25.3 Å². The first kappa shape index (κ1) is 23.5. The van der Waals surface area contributed by atoms with Gasteiger partial charge in [-0.2, -0.15) is 0 Å². The number of likely N-dealkylation sites (tertiary alicyclic amines) is 1. The molecule has 1 aliphatic heterocycles. The van der Waals surface area contributed by atoms with Crippen LogP contribution in [0.15, 0.2) is 33.2 Å². The van der Waals surface area contributed by atoms with Gasteiger partial charge in [-0.05, 0) is 60.9 Å². The largest absolute Gasteiger partial charge is 0.492 e. The molecule has 150 valence electrons. The summed E-state index contributed by atoms with van der Waals surface area (Å²) in [7, 11) is 3.85. The number of hydrogen-bond donors (Lipinski definition) is 2. The van der Waals surface area contributed by atoms with Crippen LogP contribution in [0.3, 0.4) is 0 Å². The molecule has 0 radical (unpaired) electrons. The van der Waals surface area contributed by atoms with Crippen molar-refractivity contribution in [2.24, 2.45) is 0 Å². The Hall–Kier alpha value is -1.58. The van der Waals surface area contributed by atoms with Crippen molar-refractivity contribution in [2.75, 3.05) is 27.3 Å². The minimum Gasteiger partial charge on any atom is -0.492 e. The van der Waals surface area contributed by atoms with Gasteiger partial charge in [0.1, 0.15) is 0 Å². The van der Waals surface area contributed by atoms with Gasteiger partial charge in [-0.25, -0.2) is 9.59 Å². The lowest BCUT2D eigenvalue weighted by Gasteiger charge is -2.20. The molecule has 1 fully saturated rings. The summed E-state index contributed by atoms with van der Waals surface area (Å²) in [5.74, 6) is -0.979. The number of carboxylic acid groups (broad SMARTS) is 2. The van der Waals surface area contributed by atoms with Crippen molar-refractivity contribution in [3.05, 3.63) is 33.2 Å². The maximum Gasteiger partial charge on any atom is 0.328 e. The van der Waals surface area contributed by atoms with E-state index in [1.807, 2.05) is 12.1 Å². The number of nitrogens with zero attached hydrogens (tertiary/aromatic N) is 1. The van der Waals surface area contributed by atoms with Crippen LogP contribution in [0.4, 0.5) is 0 Å². The Morgan fingerprint density at radius 1 is 1.26 bits per heavy atom. The average Bonchev–Trinajstić information content (AvgIpc) is 2.98. The molecule has 1 unspecified atom stereocenters. The molecule has 9 heteroatoms. The maximum atomic E-state index is 9.55. The topological polar surface area (TPSA) is 96.3 Å². The van der Waals surface area contributed by atoms with Crippen LogP contribution in [0.1, 0.15) is 19.3 Å². The molecule has 1 atom stereocenters. The number of halogens is 2. The van der Waals surface area contributed by atoms with Crippen molar-refractivity contribution < 1.29 is 29.3 Å². The third-order valence-corrected chi connectivity index (χ3v) is 4.97. The summed E-state index contributed by atoms with van der Waals surface area (Å²) < 4.78 is 13.1. The summed E-state index contributed by atoms with van der Waals surface area (Å²) in [6.45, 7) is 1.92. The Kier molecular flexibility index (Phi) is 10.4. The van der Waals surface area contributed by atoms with Gasteiger partial charge in [0.05, 0.1) is 18.2 Å². The van der Waals surface area contributed by atoms with Crippen molar-refractivity contribution in [3.63, 3.8) is 0 Å². The van der Waals surface area contributed by atoms with E-state index in [9.17, 15) is 9.59 Å². The number of carbonyl (C=O) groups is 2. The van der Waals surface area contributed by atoms with Gasteiger partial charge in [-0.15, -0.1) is 0 Å². The first-order valence-corrected chi connectivity index (χ1v) is 9.83. The monoisotopic (exact) mass is 507 g/mol. The lowest BCUT2D eigenvalue weighted by molar-refractivity contribution is -0.134. The minimum atomic E-state index is -1.26. The molecule has 0 aliphatic carbocycles. The molecule has 27 heavy (non-hydrogen) atoms. The third kappa shape index (κ3) is 8.77. The molecule has 1 aliphatic rings. The van der Waals surface area contributed by atoms with Gasteiger partial charge in [0.15, 0.2) is 11.5 Å². The van der Waals surface area contributed by atoms with Crippen molar-refractivity contribution in [1.29, 1.82) is 0 Å². The first-order valence-electron chi connectivity index (χ1n) is 8.24. The number of ether oxygens (including phenoxy) is 2. The van der Waals surface area contributed by atoms with Gasteiger partial charge in [-0.3, -0.25) is 0 Å². The molecule has 2 rings (SSSR count). The third-order valence-electron chi connectivity index (χ3n) is 3.93. The SMILES string of the molecule is COc1c(Br)cc(Br)cc1OCCC1CCCN1C.O=C(O)C=CC(=O)O. The normalized spacial score (nSPS) is 16.7. The Labute approximate surface area is 175 Å². The highest BCUT2D eigenvalue weighted by Crippen LogP contribution is 2.38. The summed E-state index contributed by atoms with van der Waals surface area (Å²) in [5.41, 5.74) is 0. The molecule has 1 saturated heterocycles. The van der Waals surface area contributed by atoms with Crippen LogP contribution in [0.5, 0.6) is 11.5 Å². The zero-order valence-electron chi connectivity index (χ0n) is 15.2. The number of benzene rings is 1. The summed E-state index contributed by atoms with van der Waals surface area (Å²) in [6, 6.07) is 4.56. The predicted octanol–water partition coefficient (Wildman–Crippen LogP) is 3.80. The maximum absolute atomic E-state index is 9.55. The van der Waals surface area contributed by atoms with Crippen LogP contribution in [-0.4, -0.2) is 60.4 Å². The Bertz CT molecular complexity index is 664. The Balaban J connectivity index is 0.000000387. The van der Waals surface area contributed by atoms with Crippen LogP contribution >= 0.6 is 31.9 Å². The van der Waals surface area contributed by atoms with Crippen molar-refractivity contribution in [1.82, 2.24) is 4.90 Å². The van der Waals surface area contributed by atoms with Gasteiger partial charge >= 0.3 is 11.9 Å². The van der Waals surface area contributed by atoms with E-state index in [0.29, 0.717) is 24.8 Å². The molecule has 1 aromatic rings. The summed E-state index contributed by atoms with van der Waals surface area (Å²) in [5, 5.41) is 15.6. The highest BCUT2D eigenvalue weighted by Gasteiger charge is 2.20. The first-order chi connectivity index (χ1) is 12.7. The quantitative estimate of drug-likeness (QED) is 0.541. The zero-order chi connectivity index (χ0) is 20.4. The summed E-state index contributed by atoms with van der Waals surface area (Å²) >= 11 is 6.95. The lowest BCUT2D eigenvalue weighted by atomic mass is 10.1. The fourth-order valence-corrected chi connectivity index (χ4v) is 3.98. The fourth-order valence-electron chi connectivity index (χ4n) is 2.63. The Morgan fingerprint density at radius 2 is 1.89 bits per heavy atom. The standard InChI is InChI=1S/C14H19Br2NO2.C4H4O4/c1-17-6-3-4-11(17)5-7-19-13-9-10(15)8-12(16)14(13)18-2;5-3(6)1-2-4(7)8/h8-9,11H,3-7H2,1-2H3;1-2H,(H,5,6)(H,7,8). The van der Waals surface area contributed by atoms with E-state index in [-0.39, 0.29) is 0 Å². The van der Waals surface area contributed by atoms with Gasteiger partial charge < -0.3 is 24.6 Å². The van der Waals surface area contributed by atoms with Gasteiger partial charge in [0.25, 0.3) is 0 Å². The van der Waals surface area contributed by atoms with E-state index in [2.05, 4.69) is 43.8 Å². The molecular formula is C18H23Br2NO6. The highest BCUT2D eigenvalue weighted by atomic mass is 79.9. The number of carboxylic acids is 2. The van der Waals surface area contributed by atoms with E-state index in [1.165, 1.54) is 19.4 Å². The van der Waals surface area contributed by atoms with E-state index in [4.69, 9.17) is 19.7 Å². The molecule has 7 nitrogen and oxygen atoms in total. The number of hydrogen-bond acceptors (Lipinski definition) is 5. The van der Waals surface area contributed by atoms with Crippen molar-refractivity contribution >= 4 is 43.8 Å². The molecule has 0 saturated carbocycles. The second kappa shape index (κ2) is 12.0. The molecule has 2 N–H and O–H groups in total. The molecule has 1 aromatic carbocycles. The van der Waals surface area contributed by atoms with E-state index >= 15 is 0 Å². The van der Waals surface area contributed by atoms with Crippen LogP contribution in [0.2, 0.25) is 0 Å². The fraction of sp³-hybridized carbons (Fsp3) is 0.444. The van der Waals surface area contributed by atoms with Gasteiger partial charge in [-0.1, -0.05) is 15.9 Å². The molecule has 0 amide bonds. The molecule has 0 spiro atoms. The van der Waals surface area contributed by atoms with Crippen molar-refractivity contribution in [3.8, 4) is 11.5 Å². The number of aliphatic carboxylic acids is 2. The average molecular weight is 509 g/mol. The molecular weight excluding hydrogens is 486 g/mol. The van der Waals surface area contributed by atoms with Crippen LogP contribution < -0.4 is 9.47 Å². The van der Waals surface area contributed by atoms with E-state index < -0.39 is 11.9 Å². The highest BCUT2D eigenvalue weighted by molar-refractivity contribution is 9.11. The van der Waals surface area contributed by atoms with Crippen LogP contribution in [0, 0.1) is 0 Å². The summed E-state index contributed by atoms with van der Waals surface area (Å²) in [6.07, 6.45) is 4.75. The van der Waals surface area contributed by atoms with Gasteiger partial charge in [0.2, 0.25) is 0 Å². The van der Waals surface area contributed by atoms with Crippen LogP contribution in [0.25, 0.3) is 0 Å². The second-order valence-electron chi connectivity index (χ2n) is 5.84. The molecule has 0 bridgehead atoms. The zero-order valence-corrected chi connectivity index (χ0v) is 18.3. The van der Waals surface area contributed by atoms with Crippen LogP contribution in [-0.2, 0) is 9.59 Å². The summed E-state index contributed by atoms with van der Waals surface area (Å²) in [4.78, 5) is 21.5. The predicted molar refractivity (Wildman–Crippen MR) is 109 cm³/mol.